The lowest BCUT2D eigenvalue weighted by atomic mass is 9.88. The SMILES string of the molecule is COC(=O)[C@]1(OC(C)=O)CC(OC(C)=O)[C@@H](NC(C)=O)C([C@@H](OC(C)=O)[C@H](COC(C)=O)OC(C)=O)O1. The topological polar surface area (TPSA) is 196 Å². The second kappa shape index (κ2) is 13.5. The molecule has 1 fully saturated rings. The Morgan fingerprint density at radius 2 is 1.46 bits per heavy atom. The maximum Gasteiger partial charge on any atom is 0.379 e. The maximum absolute atomic E-state index is 12.8. The lowest BCUT2D eigenvalue weighted by Crippen LogP contribution is -2.69. The first kappa shape index (κ1) is 31.3. The first-order valence-electron chi connectivity index (χ1n) is 11.0. The molecular weight excluding hydrogens is 502 g/mol. The Morgan fingerprint density at radius 1 is 0.865 bits per heavy atom. The fourth-order valence-corrected chi connectivity index (χ4v) is 3.74. The van der Waals surface area contributed by atoms with Crippen LogP contribution in [0.3, 0.4) is 0 Å². The molecule has 0 spiro atoms. The third-order valence-corrected chi connectivity index (χ3v) is 4.80. The van der Waals surface area contributed by atoms with Gasteiger partial charge in [0, 0.05) is 41.5 Å². The standard InChI is InChI=1S/C22H31NO14/c1-10(24)23-18-16(33-12(3)26)8-22(21(30)31-7,36-15(6)29)37-20(18)19(35-14(5)28)17(34-13(4)27)9-32-11(2)25/h16-20H,8-9H2,1-7H3,(H,23,24)/t16?,17-,18+,19-,20?,22-/m0/s1. The van der Waals surface area contributed by atoms with Crippen LogP contribution < -0.4 is 5.32 Å². The number of rotatable bonds is 10. The number of nitrogens with one attached hydrogen (secondary N) is 1. The Balaban J connectivity index is 3.83. The molecule has 2 unspecified atom stereocenters. The van der Waals surface area contributed by atoms with Gasteiger partial charge in [-0.05, 0) is 0 Å². The zero-order valence-electron chi connectivity index (χ0n) is 21.5. The molecule has 0 bridgehead atoms. The fourth-order valence-electron chi connectivity index (χ4n) is 3.74. The summed E-state index contributed by atoms with van der Waals surface area (Å²) >= 11 is 0. The second-order valence-corrected chi connectivity index (χ2v) is 8.02. The van der Waals surface area contributed by atoms with Gasteiger partial charge >= 0.3 is 41.6 Å². The van der Waals surface area contributed by atoms with E-state index in [0.29, 0.717) is 0 Å². The fraction of sp³-hybridized carbons (Fsp3) is 0.682. The number of carbonyl (C=O) groups excluding carboxylic acids is 7. The lowest BCUT2D eigenvalue weighted by Gasteiger charge is -2.48. The largest absolute Gasteiger partial charge is 0.464 e. The summed E-state index contributed by atoms with van der Waals surface area (Å²) < 4.78 is 36.6. The summed E-state index contributed by atoms with van der Waals surface area (Å²) in [6.45, 7) is 5.60. The van der Waals surface area contributed by atoms with Gasteiger partial charge in [0.2, 0.25) is 5.91 Å². The zero-order chi connectivity index (χ0) is 28.5. The van der Waals surface area contributed by atoms with Gasteiger partial charge in [0.15, 0.2) is 12.2 Å². The summed E-state index contributed by atoms with van der Waals surface area (Å²) in [5, 5.41) is 2.49. The molecule has 1 rings (SSSR count). The number of amides is 1. The van der Waals surface area contributed by atoms with Gasteiger partial charge in [-0.15, -0.1) is 0 Å². The highest BCUT2D eigenvalue weighted by Gasteiger charge is 2.60. The van der Waals surface area contributed by atoms with Crippen molar-refractivity contribution in [1.82, 2.24) is 5.32 Å². The number of carbonyl (C=O) groups is 7. The molecule has 0 saturated carbocycles. The van der Waals surface area contributed by atoms with Gasteiger partial charge in [0.25, 0.3) is 0 Å². The van der Waals surface area contributed by atoms with E-state index in [1.165, 1.54) is 0 Å². The van der Waals surface area contributed by atoms with Crippen molar-refractivity contribution >= 4 is 41.7 Å². The van der Waals surface area contributed by atoms with Gasteiger partial charge in [-0.2, -0.15) is 0 Å². The summed E-state index contributed by atoms with van der Waals surface area (Å²) in [5.41, 5.74) is 0. The summed E-state index contributed by atoms with van der Waals surface area (Å²) in [4.78, 5) is 84.1. The highest BCUT2D eigenvalue weighted by atomic mass is 16.8. The molecule has 0 aliphatic carbocycles. The Labute approximate surface area is 212 Å². The van der Waals surface area contributed by atoms with Crippen LogP contribution in [0.2, 0.25) is 0 Å². The molecule has 1 heterocycles. The summed E-state index contributed by atoms with van der Waals surface area (Å²) in [6.07, 6.45) is -6.98. The van der Waals surface area contributed by atoms with Crippen LogP contribution in [0.4, 0.5) is 0 Å². The van der Waals surface area contributed by atoms with Crippen LogP contribution in [0.15, 0.2) is 0 Å². The van der Waals surface area contributed by atoms with E-state index >= 15 is 0 Å². The van der Waals surface area contributed by atoms with Crippen LogP contribution in [0.25, 0.3) is 0 Å². The molecule has 0 radical (unpaired) electrons. The van der Waals surface area contributed by atoms with E-state index in [2.05, 4.69) is 5.32 Å². The van der Waals surface area contributed by atoms with Gasteiger partial charge < -0.3 is 38.5 Å². The molecule has 1 amide bonds. The van der Waals surface area contributed by atoms with Gasteiger partial charge in [-0.25, -0.2) is 4.79 Å². The van der Waals surface area contributed by atoms with Gasteiger partial charge in [0.1, 0.15) is 18.8 Å². The molecule has 1 saturated heterocycles. The van der Waals surface area contributed by atoms with E-state index in [4.69, 9.17) is 33.2 Å². The third-order valence-electron chi connectivity index (χ3n) is 4.80. The maximum atomic E-state index is 12.8. The monoisotopic (exact) mass is 533 g/mol. The minimum absolute atomic E-state index is 0.630. The second-order valence-electron chi connectivity index (χ2n) is 8.02. The van der Waals surface area contributed by atoms with Crippen molar-refractivity contribution in [3.05, 3.63) is 0 Å². The third kappa shape index (κ3) is 9.33. The predicted molar refractivity (Wildman–Crippen MR) is 117 cm³/mol. The normalized spacial score (nSPS) is 24.4. The summed E-state index contributed by atoms with van der Waals surface area (Å²) in [6, 6.07) is -1.35. The summed E-state index contributed by atoms with van der Waals surface area (Å²) in [5.74, 6) is -8.84. The van der Waals surface area contributed by atoms with E-state index < -0.39 is 91.0 Å². The lowest BCUT2D eigenvalue weighted by molar-refractivity contribution is -0.304. The van der Waals surface area contributed by atoms with Crippen LogP contribution >= 0.6 is 0 Å². The minimum atomic E-state index is -2.54. The van der Waals surface area contributed by atoms with Crippen molar-refractivity contribution in [3.63, 3.8) is 0 Å². The number of methoxy groups -OCH3 is 1. The average molecular weight is 533 g/mol. The number of esters is 6. The van der Waals surface area contributed by atoms with Crippen molar-refractivity contribution < 1.29 is 66.7 Å². The Hall–Kier alpha value is -3.75. The average Bonchev–Trinajstić information content (AvgIpc) is 2.74. The molecule has 1 N–H and O–H groups in total. The highest BCUT2D eigenvalue weighted by Crippen LogP contribution is 2.37. The van der Waals surface area contributed by atoms with Gasteiger partial charge in [-0.1, -0.05) is 0 Å². The molecule has 37 heavy (non-hydrogen) atoms. The quantitative estimate of drug-likeness (QED) is 0.267. The first-order chi connectivity index (χ1) is 17.1. The Kier molecular flexibility index (Phi) is 11.4. The summed E-state index contributed by atoms with van der Waals surface area (Å²) in [7, 11) is 0.971. The van der Waals surface area contributed by atoms with E-state index in [-0.39, 0.29) is 0 Å². The van der Waals surface area contributed by atoms with Crippen molar-refractivity contribution in [2.75, 3.05) is 13.7 Å². The van der Waals surface area contributed by atoms with E-state index in [1.807, 2.05) is 0 Å². The van der Waals surface area contributed by atoms with Crippen molar-refractivity contribution in [3.8, 4) is 0 Å². The van der Waals surface area contributed by atoms with Crippen LogP contribution in [-0.2, 0) is 66.7 Å². The molecule has 0 aromatic heterocycles. The van der Waals surface area contributed by atoms with Crippen molar-refractivity contribution in [2.45, 2.75) is 84.2 Å². The molecular formula is C22H31NO14. The highest BCUT2D eigenvalue weighted by molar-refractivity contribution is 5.82. The van der Waals surface area contributed by atoms with E-state index in [1.54, 1.807) is 0 Å². The molecule has 0 aromatic rings. The molecule has 15 heteroatoms. The molecule has 208 valence electrons. The Bertz CT molecular complexity index is 917. The number of hydrogen-bond acceptors (Lipinski definition) is 14. The van der Waals surface area contributed by atoms with Crippen molar-refractivity contribution in [1.29, 1.82) is 0 Å². The van der Waals surface area contributed by atoms with Gasteiger partial charge in [0.05, 0.1) is 19.6 Å². The van der Waals surface area contributed by atoms with Crippen LogP contribution in [0.1, 0.15) is 48.0 Å². The number of hydrogen-bond donors (Lipinski definition) is 1. The molecule has 0 aromatic carbocycles. The Morgan fingerprint density at radius 3 is 1.89 bits per heavy atom. The number of ether oxygens (including phenoxy) is 7. The first-order valence-corrected chi connectivity index (χ1v) is 11.0. The molecule has 1 aliphatic rings. The van der Waals surface area contributed by atoms with E-state index in [9.17, 15) is 33.6 Å². The van der Waals surface area contributed by atoms with Crippen LogP contribution in [-0.4, -0.2) is 91.7 Å². The molecule has 6 atom stereocenters. The molecule has 1 aliphatic heterocycles. The van der Waals surface area contributed by atoms with E-state index in [0.717, 1.165) is 48.7 Å². The molecule has 15 nitrogen and oxygen atoms in total. The van der Waals surface area contributed by atoms with Crippen LogP contribution in [0, 0.1) is 0 Å². The zero-order valence-corrected chi connectivity index (χ0v) is 21.5. The predicted octanol–water partition coefficient (Wildman–Crippen LogP) is -0.929. The van der Waals surface area contributed by atoms with Gasteiger partial charge in [-0.3, -0.25) is 28.8 Å². The minimum Gasteiger partial charge on any atom is -0.464 e. The van der Waals surface area contributed by atoms with Crippen LogP contribution in [0.5, 0.6) is 0 Å². The van der Waals surface area contributed by atoms with Crippen molar-refractivity contribution in [2.24, 2.45) is 0 Å². The smallest absolute Gasteiger partial charge is 0.379 e.